The molecule has 1 heterocycles. The topological polar surface area (TPSA) is 38.0 Å². The maximum absolute atomic E-state index is 10.1. The first-order valence-electron chi connectivity index (χ1n) is 5.43. The zero-order valence-electron chi connectivity index (χ0n) is 8.85. The Balaban J connectivity index is 2.12. The minimum absolute atomic E-state index is 0.343. The molecule has 1 aromatic heterocycles. The van der Waals surface area contributed by atoms with Crippen molar-refractivity contribution in [1.29, 1.82) is 0 Å². The molecule has 1 aromatic rings. The molecule has 1 fully saturated rings. The van der Waals surface area contributed by atoms with E-state index in [0.717, 1.165) is 18.2 Å². The van der Waals surface area contributed by atoms with Crippen LogP contribution in [-0.2, 0) is 6.54 Å². The number of aryl methyl sites for hydroxylation is 1. The lowest BCUT2D eigenvalue weighted by atomic mass is 9.97. The van der Waals surface area contributed by atoms with Crippen molar-refractivity contribution >= 4 is 0 Å². The number of nitrogens with zero attached hydrogens (tertiary/aromatic N) is 2. The van der Waals surface area contributed by atoms with E-state index in [1.807, 2.05) is 17.7 Å². The van der Waals surface area contributed by atoms with E-state index >= 15 is 0 Å². The molecule has 2 unspecified atom stereocenters. The van der Waals surface area contributed by atoms with Gasteiger partial charge in [0.2, 0.25) is 0 Å². The van der Waals surface area contributed by atoms with Gasteiger partial charge < -0.3 is 5.11 Å². The number of aliphatic hydroxyl groups excluding tert-OH is 1. The molecular weight excluding hydrogens is 176 g/mol. The molecule has 78 valence electrons. The Morgan fingerprint density at radius 1 is 1.64 bits per heavy atom. The second-order valence-corrected chi connectivity index (χ2v) is 4.21. The van der Waals surface area contributed by atoms with Gasteiger partial charge in [0, 0.05) is 12.7 Å². The molecule has 2 rings (SSSR count). The van der Waals surface area contributed by atoms with E-state index in [2.05, 4.69) is 12.0 Å². The molecule has 14 heavy (non-hydrogen) atoms. The highest BCUT2D eigenvalue weighted by Crippen LogP contribution is 2.42. The van der Waals surface area contributed by atoms with Crippen LogP contribution < -0.4 is 0 Å². The summed E-state index contributed by atoms with van der Waals surface area (Å²) in [5.41, 5.74) is 0.965. The van der Waals surface area contributed by atoms with Crippen molar-refractivity contribution in [2.45, 2.75) is 39.3 Å². The Morgan fingerprint density at radius 3 is 2.93 bits per heavy atom. The highest BCUT2D eigenvalue weighted by Gasteiger charge is 2.34. The zero-order chi connectivity index (χ0) is 10.1. The molecular formula is C11H18N2O. The van der Waals surface area contributed by atoms with E-state index in [1.165, 1.54) is 12.8 Å². The normalized spacial score (nSPS) is 20.8. The van der Waals surface area contributed by atoms with Crippen molar-refractivity contribution in [2.75, 3.05) is 0 Å². The second-order valence-electron chi connectivity index (χ2n) is 4.21. The minimum Gasteiger partial charge on any atom is -0.387 e. The third-order valence-corrected chi connectivity index (χ3v) is 3.22. The first-order chi connectivity index (χ1) is 6.74. The summed E-state index contributed by atoms with van der Waals surface area (Å²) in [6.07, 6.45) is 3.98. The van der Waals surface area contributed by atoms with Gasteiger partial charge in [-0.2, -0.15) is 5.10 Å². The smallest absolute Gasteiger partial charge is 0.0984 e. The van der Waals surface area contributed by atoms with Gasteiger partial charge in [-0.3, -0.25) is 4.68 Å². The van der Waals surface area contributed by atoms with Gasteiger partial charge >= 0.3 is 0 Å². The molecule has 0 radical (unpaired) electrons. The summed E-state index contributed by atoms with van der Waals surface area (Å²) in [6, 6.07) is 1.92. The molecule has 0 bridgehead atoms. The fourth-order valence-electron chi connectivity index (χ4n) is 2.01. The monoisotopic (exact) mass is 194 g/mol. The largest absolute Gasteiger partial charge is 0.387 e. The molecule has 3 heteroatoms. The predicted octanol–water partition coefficient (Wildman–Crippen LogP) is 1.98. The molecule has 0 aliphatic heterocycles. The Kier molecular flexibility index (Phi) is 2.59. The second kappa shape index (κ2) is 3.73. The van der Waals surface area contributed by atoms with Gasteiger partial charge in [-0.05, 0) is 37.7 Å². The summed E-state index contributed by atoms with van der Waals surface area (Å²) in [5, 5.41) is 14.3. The van der Waals surface area contributed by atoms with E-state index in [0.29, 0.717) is 5.92 Å². The Morgan fingerprint density at radius 2 is 2.36 bits per heavy atom. The van der Waals surface area contributed by atoms with Crippen LogP contribution in [0.5, 0.6) is 0 Å². The van der Waals surface area contributed by atoms with Gasteiger partial charge in [-0.25, -0.2) is 0 Å². The van der Waals surface area contributed by atoms with Gasteiger partial charge in [0.1, 0.15) is 0 Å². The van der Waals surface area contributed by atoms with Crippen LogP contribution in [0.15, 0.2) is 12.3 Å². The zero-order valence-corrected chi connectivity index (χ0v) is 8.85. The molecule has 3 nitrogen and oxygen atoms in total. The number of hydrogen-bond donors (Lipinski definition) is 1. The van der Waals surface area contributed by atoms with Gasteiger partial charge in [-0.1, -0.05) is 6.92 Å². The van der Waals surface area contributed by atoms with Crippen LogP contribution in [0.1, 0.15) is 38.5 Å². The maximum atomic E-state index is 10.1. The number of aromatic nitrogens is 2. The fraction of sp³-hybridized carbons (Fsp3) is 0.727. The molecule has 1 N–H and O–H groups in total. The lowest BCUT2D eigenvalue weighted by molar-refractivity contribution is 0.0967. The van der Waals surface area contributed by atoms with Gasteiger partial charge in [0.15, 0.2) is 0 Å². The van der Waals surface area contributed by atoms with Crippen molar-refractivity contribution in [3.05, 3.63) is 18.0 Å². The fourth-order valence-corrected chi connectivity index (χ4v) is 2.01. The van der Waals surface area contributed by atoms with E-state index in [1.54, 1.807) is 6.20 Å². The van der Waals surface area contributed by atoms with Gasteiger partial charge in [0.05, 0.1) is 11.8 Å². The third-order valence-electron chi connectivity index (χ3n) is 3.22. The number of rotatable bonds is 4. The molecule has 0 spiro atoms. The Hall–Kier alpha value is -0.830. The van der Waals surface area contributed by atoms with Crippen LogP contribution >= 0.6 is 0 Å². The minimum atomic E-state index is -0.343. The van der Waals surface area contributed by atoms with Gasteiger partial charge in [0.25, 0.3) is 0 Å². The third kappa shape index (κ3) is 1.69. The van der Waals surface area contributed by atoms with Crippen LogP contribution in [0.4, 0.5) is 0 Å². The summed E-state index contributed by atoms with van der Waals surface area (Å²) in [5.74, 6) is 1.10. The number of hydrogen-bond acceptors (Lipinski definition) is 2. The predicted molar refractivity (Wildman–Crippen MR) is 54.7 cm³/mol. The molecule has 1 aliphatic carbocycles. The molecule has 2 atom stereocenters. The molecule has 1 aliphatic rings. The van der Waals surface area contributed by atoms with Crippen molar-refractivity contribution in [2.24, 2.45) is 11.8 Å². The lowest BCUT2D eigenvalue weighted by Gasteiger charge is -2.19. The molecule has 0 aromatic carbocycles. The van der Waals surface area contributed by atoms with E-state index < -0.39 is 0 Å². The first kappa shape index (κ1) is 9.71. The summed E-state index contributed by atoms with van der Waals surface area (Å²) >= 11 is 0. The van der Waals surface area contributed by atoms with Crippen LogP contribution in [-0.4, -0.2) is 14.9 Å². The van der Waals surface area contributed by atoms with Crippen LogP contribution in [0.25, 0.3) is 0 Å². The van der Waals surface area contributed by atoms with E-state index in [4.69, 9.17) is 0 Å². The van der Waals surface area contributed by atoms with Gasteiger partial charge in [-0.15, -0.1) is 0 Å². The van der Waals surface area contributed by atoms with Crippen molar-refractivity contribution in [1.82, 2.24) is 9.78 Å². The van der Waals surface area contributed by atoms with Crippen LogP contribution in [0, 0.1) is 11.8 Å². The van der Waals surface area contributed by atoms with Crippen molar-refractivity contribution in [3.8, 4) is 0 Å². The van der Waals surface area contributed by atoms with E-state index in [-0.39, 0.29) is 6.10 Å². The van der Waals surface area contributed by atoms with Crippen LogP contribution in [0.3, 0.4) is 0 Å². The lowest BCUT2D eigenvalue weighted by Crippen LogP contribution is -2.15. The molecule has 0 amide bonds. The standard InChI is InChI=1S/C11H18N2O/c1-3-13-10(6-7-12-13)11(14)8(2)9-4-5-9/h6-9,11,14H,3-5H2,1-2H3. The summed E-state index contributed by atoms with van der Waals surface area (Å²) < 4.78 is 1.88. The van der Waals surface area contributed by atoms with Crippen LogP contribution in [0.2, 0.25) is 0 Å². The average molecular weight is 194 g/mol. The highest BCUT2D eigenvalue weighted by molar-refractivity contribution is 5.07. The SMILES string of the molecule is CCn1nccc1C(O)C(C)C1CC1. The van der Waals surface area contributed by atoms with Crippen molar-refractivity contribution in [3.63, 3.8) is 0 Å². The summed E-state index contributed by atoms with van der Waals surface area (Å²) in [6.45, 7) is 5.01. The van der Waals surface area contributed by atoms with Crippen molar-refractivity contribution < 1.29 is 5.11 Å². The quantitative estimate of drug-likeness (QED) is 0.796. The van der Waals surface area contributed by atoms with E-state index in [9.17, 15) is 5.11 Å². The first-order valence-corrected chi connectivity index (χ1v) is 5.43. The maximum Gasteiger partial charge on any atom is 0.0984 e. The Bertz CT molecular complexity index is 304. The summed E-state index contributed by atoms with van der Waals surface area (Å²) in [7, 11) is 0. The molecule has 0 saturated heterocycles. The number of aliphatic hydroxyl groups is 1. The highest BCUT2D eigenvalue weighted by atomic mass is 16.3. The molecule has 1 saturated carbocycles. The summed E-state index contributed by atoms with van der Waals surface area (Å²) in [4.78, 5) is 0. The Labute approximate surface area is 84.7 Å². The average Bonchev–Trinajstić information content (AvgIpc) is 2.94.